The summed E-state index contributed by atoms with van der Waals surface area (Å²) in [5.41, 5.74) is 8.72. The third-order valence-electron chi connectivity index (χ3n) is 4.04. The number of nitrogens with two attached hydrogens (primary N) is 1. The number of rotatable bonds is 8. The van der Waals surface area contributed by atoms with Crippen LogP contribution in [-0.4, -0.2) is 19.8 Å². The van der Waals surface area contributed by atoms with Crippen LogP contribution in [0.3, 0.4) is 0 Å². The van der Waals surface area contributed by atoms with Crippen molar-refractivity contribution in [2.24, 2.45) is 11.7 Å². The minimum absolute atomic E-state index is 0. The van der Waals surface area contributed by atoms with Gasteiger partial charge in [0.15, 0.2) is 11.5 Å². The number of methoxy groups -OCH3 is 1. The fraction of sp³-hybridized carbons (Fsp3) is 0.647. The third kappa shape index (κ3) is 5.08. The summed E-state index contributed by atoms with van der Waals surface area (Å²) >= 11 is 0. The zero-order chi connectivity index (χ0) is 14.5. The average Bonchev–Trinajstić information content (AvgIpc) is 3.29. The van der Waals surface area contributed by atoms with E-state index in [0.717, 1.165) is 43.3 Å². The zero-order valence-electron chi connectivity index (χ0n) is 13.4. The van der Waals surface area contributed by atoms with Crippen molar-refractivity contribution in [2.45, 2.75) is 52.0 Å². The second-order valence-corrected chi connectivity index (χ2v) is 5.75. The van der Waals surface area contributed by atoms with Crippen LogP contribution in [0.25, 0.3) is 0 Å². The van der Waals surface area contributed by atoms with E-state index in [1.54, 1.807) is 7.11 Å². The highest BCUT2D eigenvalue weighted by molar-refractivity contribution is 5.85. The average molecular weight is 314 g/mol. The van der Waals surface area contributed by atoms with Crippen molar-refractivity contribution in [3.63, 3.8) is 0 Å². The van der Waals surface area contributed by atoms with E-state index in [0.29, 0.717) is 0 Å². The summed E-state index contributed by atoms with van der Waals surface area (Å²) in [6.07, 6.45) is 5.48. The molecule has 1 aromatic carbocycles. The summed E-state index contributed by atoms with van der Waals surface area (Å²) in [7, 11) is 1.70. The Morgan fingerprint density at radius 1 is 1.19 bits per heavy atom. The Hall–Kier alpha value is -0.930. The Kier molecular flexibility index (Phi) is 7.33. The molecule has 2 N–H and O–H groups in total. The molecule has 0 bridgehead atoms. The molecule has 0 amide bonds. The molecule has 1 fully saturated rings. The highest BCUT2D eigenvalue weighted by Crippen LogP contribution is 2.35. The monoisotopic (exact) mass is 313 g/mol. The largest absolute Gasteiger partial charge is 0.493 e. The number of hydrogen-bond acceptors (Lipinski definition) is 3. The van der Waals surface area contributed by atoms with Gasteiger partial charge in [0.1, 0.15) is 0 Å². The van der Waals surface area contributed by atoms with Crippen LogP contribution in [0, 0.1) is 5.92 Å². The molecule has 1 aromatic rings. The molecule has 120 valence electrons. The summed E-state index contributed by atoms with van der Waals surface area (Å²) in [6, 6.07) is 4.46. The third-order valence-corrected chi connectivity index (χ3v) is 4.04. The molecule has 1 saturated carbocycles. The first-order valence-corrected chi connectivity index (χ1v) is 7.76. The number of hydrogen-bond donors (Lipinski definition) is 1. The summed E-state index contributed by atoms with van der Waals surface area (Å²) in [4.78, 5) is 0. The molecule has 4 heteroatoms. The highest BCUT2D eigenvalue weighted by Gasteiger charge is 2.23. The van der Waals surface area contributed by atoms with Crippen molar-refractivity contribution in [1.82, 2.24) is 0 Å². The fourth-order valence-corrected chi connectivity index (χ4v) is 2.35. The Morgan fingerprint density at radius 3 is 2.38 bits per heavy atom. The lowest BCUT2D eigenvalue weighted by atomic mass is 9.97. The topological polar surface area (TPSA) is 44.5 Å². The molecule has 1 atom stereocenters. The minimum Gasteiger partial charge on any atom is -0.493 e. The van der Waals surface area contributed by atoms with Crippen LogP contribution >= 0.6 is 12.4 Å². The predicted molar refractivity (Wildman–Crippen MR) is 89.8 cm³/mol. The zero-order valence-corrected chi connectivity index (χ0v) is 14.2. The summed E-state index contributed by atoms with van der Waals surface area (Å²) < 4.78 is 11.4. The second-order valence-electron chi connectivity index (χ2n) is 5.75. The van der Waals surface area contributed by atoms with Gasteiger partial charge in [0.25, 0.3) is 0 Å². The van der Waals surface area contributed by atoms with Gasteiger partial charge >= 0.3 is 0 Å². The van der Waals surface area contributed by atoms with Crippen LogP contribution in [0.5, 0.6) is 11.5 Å². The van der Waals surface area contributed by atoms with Gasteiger partial charge in [-0.25, -0.2) is 0 Å². The molecular weight excluding hydrogens is 286 g/mol. The standard InChI is InChI=1S/C17H27NO2.ClH/c1-4-13-9-16(19-3)17(20-11-12-6-7-12)10-14(13)8-15(18)5-2;/h9-10,12,15H,4-8,11,18H2,1-3H3;1H. The van der Waals surface area contributed by atoms with Crippen molar-refractivity contribution in [3.05, 3.63) is 23.3 Å². The number of aryl methyl sites for hydroxylation is 1. The first-order chi connectivity index (χ1) is 9.67. The number of benzene rings is 1. The van der Waals surface area contributed by atoms with Crippen LogP contribution in [0.4, 0.5) is 0 Å². The Morgan fingerprint density at radius 2 is 1.86 bits per heavy atom. The van der Waals surface area contributed by atoms with E-state index in [9.17, 15) is 0 Å². The van der Waals surface area contributed by atoms with Crippen LogP contribution < -0.4 is 15.2 Å². The van der Waals surface area contributed by atoms with Crippen LogP contribution in [0.2, 0.25) is 0 Å². The van der Waals surface area contributed by atoms with Gasteiger partial charge in [0, 0.05) is 6.04 Å². The van der Waals surface area contributed by atoms with Gasteiger partial charge < -0.3 is 15.2 Å². The maximum absolute atomic E-state index is 6.11. The minimum atomic E-state index is 0. The van der Waals surface area contributed by atoms with Gasteiger partial charge in [-0.1, -0.05) is 13.8 Å². The number of halogens is 1. The SMILES string of the molecule is CCc1cc(OC)c(OCC2CC2)cc1CC(N)CC.Cl. The first kappa shape index (κ1) is 18.1. The van der Waals surface area contributed by atoms with Gasteiger partial charge in [-0.2, -0.15) is 0 Å². The summed E-state index contributed by atoms with van der Waals surface area (Å²) in [6.45, 7) is 5.10. The number of ether oxygens (including phenoxy) is 2. The normalized spacial score (nSPS) is 15.2. The molecule has 0 aliphatic heterocycles. The van der Waals surface area contributed by atoms with E-state index in [1.165, 1.54) is 24.0 Å². The maximum Gasteiger partial charge on any atom is 0.161 e. The highest BCUT2D eigenvalue weighted by atomic mass is 35.5. The Labute approximate surface area is 134 Å². The lowest BCUT2D eigenvalue weighted by molar-refractivity contribution is 0.280. The first-order valence-electron chi connectivity index (χ1n) is 7.76. The Balaban J connectivity index is 0.00000220. The molecule has 2 rings (SSSR count). The summed E-state index contributed by atoms with van der Waals surface area (Å²) in [5.74, 6) is 2.46. The molecule has 0 spiro atoms. The van der Waals surface area contributed by atoms with Crippen molar-refractivity contribution in [1.29, 1.82) is 0 Å². The predicted octanol–water partition coefficient (Wildman–Crippen LogP) is 3.75. The van der Waals surface area contributed by atoms with Gasteiger partial charge in [0.05, 0.1) is 13.7 Å². The van der Waals surface area contributed by atoms with Crippen molar-refractivity contribution < 1.29 is 9.47 Å². The molecule has 3 nitrogen and oxygen atoms in total. The quantitative estimate of drug-likeness (QED) is 0.795. The van der Waals surface area contributed by atoms with Gasteiger partial charge in [0.2, 0.25) is 0 Å². The van der Waals surface area contributed by atoms with Crippen LogP contribution in [-0.2, 0) is 12.8 Å². The van der Waals surface area contributed by atoms with E-state index in [2.05, 4.69) is 26.0 Å². The van der Waals surface area contributed by atoms with E-state index in [4.69, 9.17) is 15.2 Å². The molecule has 1 unspecified atom stereocenters. The molecule has 0 heterocycles. The fourth-order valence-electron chi connectivity index (χ4n) is 2.35. The maximum atomic E-state index is 6.11. The van der Waals surface area contributed by atoms with E-state index >= 15 is 0 Å². The van der Waals surface area contributed by atoms with Crippen molar-refractivity contribution >= 4 is 12.4 Å². The van der Waals surface area contributed by atoms with Crippen LogP contribution in [0.1, 0.15) is 44.2 Å². The summed E-state index contributed by atoms with van der Waals surface area (Å²) in [5, 5.41) is 0. The Bertz CT molecular complexity index is 447. The van der Waals surface area contributed by atoms with Crippen molar-refractivity contribution in [2.75, 3.05) is 13.7 Å². The van der Waals surface area contributed by atoms with Gasteiger partial charge in [-0.3, -0.25) is 0 Å². The van der Waals surface area contributed by atoms with Gasteiger partial charge in [-0.15, -0.1) is 12.4 Å². The molecule has 21 heavy (non-hydrogen) atoms. The smallest absolute Gasteiger partial charge is 0.161 e. The lowest BCUT2D eigenvalue weighted by Crippen LogP contribution is -2.22. The molecule has 0 aromatic heterocycles. The molecule has 1 aliphatic rings. The van der Waals surface area contributed by atoms with Crippen LogP contribution in [0.15, 0.2) is 12.1 Å². The van der Waals surface area contributed by atoms with E-state index < -0.39 is 0 Å². The molecular formula is C17H28ClNO2. The van der Waals surface area contributed by atoms with Crippen molar-refractivity contribution in [3.8, 4) is 11.5 Å². The molecule has 1 aliphatic carbocycles. The molecule has 0 saturated heterocycles. The van der Waals surface area contributed by atoms with E-state index in [1.807, 2.05) is 0 Å². The second kappa shape index (κ2) is 8.50. The molecule has 0 radical (unpaired) electrons. The van der Waals surface area contributed by atoms with E-state index in [-0.39, 0.29) is 18.4 Å². The lowest BCUT2D eigenvalue weighted by Gasteiger charge is -2.17. The van der Waals surface area contributed by atoms with Gasteiger partial charge in [-0.05, 0) is 61.3 Å².